The van der Waals surface area contributed by atoms with Crippen LogP contribution in [0, 0.1) is 5.41 Å². The van der Waals surface area contributed by atoms with Gasteiger partial charge in [0.2, 0.25) is 0 Å². The van der Waals surface area contributed by atoms with Crippen LogP contribution in [0.5, 0.6) is 0 Å². The maximum Gasteiger partial charge on any atom is 0.125 e. The Morgan fingerprint density at radius 3 is 2.88 bits per heavy atom. The summed E-state index contributed by atoms with van der Waals surface area (Å²) in [6.45, 7) is 5.57. The second-order valence-corrected chi connectivity index (χ2v) is 3.90. The fraction of sp³-hybridized carbons (Fsp3) is 0.500. The number of likely N-dealkylation sites (N-methyl/N-ethyl adjacent to an activating group) is 1. The number of nitrogens with one attached hydrogen (secondary N) is 1. The lowest BCUT2D eigenvalue weighted by atomic mass is 10.1. The minimum atomic E-state index is 0.0606. The van der Waals surface area contributed by atoms with Gasteiger partial charge in [0.25, 0.3) is 0 Å². The smallest absolute Gasteiger partial charge is 0.125 e. The van der Waals surface area contributed by atoms with E-state index in [1.54, 1.807) is 25.6 Å². The molecule has 1 aromatic heterocycles. The van der Waals surface area contributed by atoms with Gasteiger partial charge < -0.3 is 15.4 Å². The molecule has 0 aliphatic carbocycles. The zero-order valence-corrected chi connectivity index (χ0v) is 10.6. The van der Waals surface area contributed by atoms with Gasteiger partial charge in [0.05, 0.1) is 18.5 Å². The van der Waals surface area contributed by atoms with Crippen LogP contribution in [-0.4, -0.2) is 37.1 Å². The maximum atomic E-state index is 7.58. The van der Waals surface area contributed by atoms with Crippen LogP contribution in [0.3, 0.4) is 0 Å². The molecule has 0 aliphatic rings. The summed E-state index contributed by atoms with van der Waals surface area (Å²) in [5.74, 6) is 0.0606. The van der Waals surface area contributed by atoms with Crippen molar-refractivity contribution in [2.75, 3.05) is 25.2 Å². The molecule has 5 heteroatoms. The van der Waals surface area contributed by atoms with Crippen LogP contribution in [0.15, 0.2) is 18.5 Å². The van der Waals surface area contributed by atoms with E-state index in [9.17, 15) is 0 Å². The fourth-order valence-electron chi connectivity index (χ4n) is 1.89. The number of hydrogen-bond donors (Lipinski definition) is 2. The van der Waals surface area contributed by atoms with Crippen LogP contribution in [0.4, 0.5) is 5.69 Å². The Bertz CT molecular complexity index is 381. The molecule has 94 valence electrons. The second kappa shape index (κ2) is 6.20. The normalized spacial score (nSPS) is 12.2. The summed E-state index contributed by atoms with van der Waals surface area (Å²) in [5, 5.41) is 7.58. The molecular weight excluding hydrogens is 216 g/mol. The Morgan fingerprint density at radius 2 is 2.35 bits per heavy atom. The zero-order valence-electron chi connectivity index (χ0n) is 10.6. The molecule has 1 aromatic rings. The first-order valence-corrected chi connectivity index (χ1v) is 5.65. The van der Waals surface area contributed by atoms with Gasteiger partial charge in [-0.25, -0.2) is 0 Å². The molecule has 17 heavy (non-hydrogen) atoms. The molecule has 1 atom stereocenters. The van der Waals surface area contributed by atoms with Crippen molar-refractivity contribution >= 4 is 11.5 Å². The third-order valence-corrected chi connectivity index (χ3v) is 2.68. The van der Waals surface area contributed by atoms with E-state index in [1.165, 1.54) is 0 Å². The van der Waals surface area contributed by atoms with E-state index in [4.69, 9.17) is 15.9 Å². The van der Waals surface area contributed by atoms with Crippen LogP contribution in [-0.2, 0) is 4.74 Å². The molecule has 0 saturated heterocycles. The van der Waals surface area contributed by atoms with Gasteiger partial charge in [0.1, 0.15) is 5.84 Å². The Morgan fingerprint density at radius 1 is 1.65 bits per heavy atom. The molecule has 1 unspecified atom stereocenters. The van der Waals surface area contributed by atoms with E-state index in [1.807, 2.05) is 0 Å². The topological polar surface area (TPSA) is 75.2 Å². The molecule has 1 heterocycles. The third kappa shape index (κ3) is 3.17. The molecule has 0 fully saturated rings. The van der Waals surface area contributed by atoms with Crippen molar-refractivity contribution in [2.24, 2.45) is 5.73 Å². The number of nitrogen functional groups attached to an aromatic ring is 1. The van der Waals surface area contributed by atoms with Crippen LogP contribution >= 0.6 is 0 Å². The average Bonchev–Trinajstić information content (AvgIpc) is 2.31. The van der Waals surface area contributed by atoms with Crippen molar-refractivity contribution in [3.8, 4) is 0 Å². The number of hydrogen-bond acceptors (Lipinski definition) is 4. The first-order valence-electron chi connectivity index (χ1n) is 5.65. The second-order valence-electron chi connectivity index (χ2n) is 3.90. The molecular formula is C12H20N4O. The number of aromatic nitrogens is 1. The molecule has 0 bridgehead atoms. The highest BCUT2D eigenvalue weighted by atomic mass is 16.5. The van der Waals surface area contributed by atoms with Gasteiger partial charge in [-0.15, -0.1) is 0 Å². The minimum absolute atomic E-state index is 0.0606. The van der Waals surface area contributed by atoms with Crippen LogP contribution in [0.25, 0.3) is 0 Å². The van der Waals surface area contributed by atoms with E-state index in [0.717, 1.165) is 12.2 Å². The molecule has 0 aliphatic heterocycles. The molecule has 5 nitrogen and oxygen atoms in total. The van der Waals surface area contributed by atoms with E-state index in [-0.39, 0.29) is 11.9 Å². The van der Waals surface area contributed by atoms with Crippen molar-refractivity contribution in [3.05, 3.63) is 24.0 Å². The van der Waals surface area contributed by atoms with E-state index >= 15 is 0 Å². The first-order chi connectivity index (χ1) is 8.11. The highest BCUT2D eigenvalue weighted by molar-refractivity contribution is 6.00. The van der Waals surface area contributed by atoms with Gasteiger partial charge >= 0.3 is 0 Å². The highest BCUT2D eigenvalue weighted by Crippen LogP contribution is 2.20. The van der Waals surface area contributed by atoms with Crippen molar-refractivity contribution in [1.29, 1.82) is 5.41 Å². The van der Waals surface area contributed by atoms with Crippen LogP contribution in [0.2, 0.25) is 0 Å². The monoisotopic (exact) mass is 236 g/mol. The number of methoxy groups -OCH3 is 1. The van der Waals surface area contributed by atoms with Gasteiger partial charge in [-0.1, -0.05) is 0 Å². The molecule has 0 spiro atoms. The van der Waals surface area contributed by atoms with Crippen molar-refractivity contribution in [1.82, 2.24) is 4.98 Å². The van der Waals surface area contributed by atoms with E-state index in [0.29, 0.717) is 12.2 Å². The summed E-state index contributed by atoms with van der Waals surface area (Å²) < 4.78 is 5.16. The lowest BCUT2D eigenvalue weighted by molar-refractivity contribution is 0.182. The van der Waals surface area contributed by atoms with Gasteiger partial charge in [-0.05, 0) is 19.9 Å². The Hall–Kier alpha value is -1.62. The lowest BCUT2D eigenvalue weighted by Gasteiger charge is -2.30. The van der Waals surface area contributed by atoms with Gasteiger partial charge in [-0.2, -0.15) is 0 Å². The number of amidine groups is 1. The molecule has 3 N–H and O–H groups in total. The summed E-state index contributed by atoms with van der Waals surface area (Å²) >= 11 is 0. The van der Waals surface area contributed by atoms with Crippen molar-refractivity contribution < 1.29 is 4.74 Å². The predicted molar refractivity (Wildman–Crippen MR) is 69.6 cm³/mol. The number of ether oxygens (including phenoxy) is 1. The minimum Gasteiger partial charge on any atom is -0.384 e. The quantitative estimate of drug-likeness (QED) is 0.575. The Balaban J connectivity index is 3.06. The molecule has 0 aromatic carbocycles. The Labute approximate surface area is 102 Å². The van der Waals surface area contributed by atoms with Crippen LogP contribution < -0.4 is 10.6 Å². The van der Waals surface area contributed by atoms with E-state index in [2.05, 4.69) is 23.7 Å². The largest absolute Gasteiger partial charge is 0.384 e. The zero-order chi connectivity index (χ0) is 12.8. The number of nitrogens with two attached hydrogens (primary N) is 1. The number of rotatable bonds is 6. The summed E-state index contributed by atoms with van der Waals surface area (Å²) in [5.41, 5.74) is 7.17. The van der Waals surface area contributed by atoms with Gasteiger partial charge in [0, 0.05) is 31.5 Å². The number of pyridine rings is 1. The summed E-state index contributed by atoms with van der Waals surface area (Å²) in [6.07, 6.45) is 3.39. The lowest BCUT2D eigenvalue weighted by Crippen LogP contribution is -2.37. The fourth-order valence-corrected chi connectivity index (χ4v) is 1.89. The molecule has 0 radical (unpaired) electrons. The molecule has 1 rings (SSSR count). The van der Waals surface area contributed by atoms with Crippen LogP contribution in [0.1, 0.15) is 19.4 Å². The van der Waals surface area contributed by atoms with Gasteiger partial charge in [0.15, 0.2) is 0 Å². The Kier molecular flexibility index (Phi) is 4.90. The number of nitrogens with zero attached hydrogens (tertiary/aromatic N) is 2. The molecule has 0 amide bonds. The third-order valence-electron chi connectivity index (χ3n) is 2.68. The summed E-state index contributed by atoms with van der Waals surface area (Å²) in [7, 11) is 1.68. The molecule has 0 saturated carbocycles. The SMILES string of the molecule is CCN(c1cnccc1C(=N)N)C(C)COC. The predicted octanol–water partition coefficient (Wildman–Crippen LogP) is 1.23. The van der Waals surface area contributed by atoms with Crippen molar-refractivity contribution in [3.63, 3.8) is 0 Å². The van der Waals surface area contributed by atoms with Crippen molar-refractivity contribution in [2.45, 2.75) is 19.9 Å². The van der Waals surface area contributed by atoms with Gasteiger partial charge in [-0.3, -0.25) is 10.4 Å². The van der Waals surface area contributed by atoms with E-state index < -0.39 is 0 Å². The number of anilines is 1. The average molecular weight is 236 g/mol. The summed E-state index contributed by atoms with van der Waals surface area (Å²) in [4.78, 5) is 6.24. The highest BCUT2D eigenvalue weighted by Gasteiger charge is 2.17. The first kappa shape index (κ1) is 13.4. The maximum absolute atomic E-state index is 7.58. The standard InChI is InChI=1S/C12H20N4O/c1-4-16(9(2)8-17-3)11-7-15-6-5-10(11)12(13)14/h5-7,9H,4,8H2,1-3H3,(H3,13,14). The summed E-state index contributed by atoms with van der Waals surface area (Å²) in [6, 6.07) is 1.98.